The van der Waals surface area contributed by atoms with E-state index in [4.69, 9.17) is 9.47 Å². The second kappa shape index (κ2) is 8.77. The van der Waals surface area contributed by atoms with E-state index in [-0.39, 0.29) is 30.4 Å². The molecule has 1 fully saturated rings. The third-order valence-corrected chi connectivity index (χ3v) is 8.01. The predicted molar refractivity (Wildman–Crippen MR) is 129 cm³/mol. The summed E-state index contributed by atoms with van der Waals surface area (Å²) in [6.07, 6.45) is 9.46. The number of nitrogens with zero attached hydrogens (tertiary/aromatic N) is 2. The van der Waals surface area contributed by atoms with Crippen LogP contribution in [0, 0.1) is 22.6 Å². The van der Waals surface area contributed by atoms with Crippen LogP contribution in [-0.4, -0.2) is 34.9 Å². The molecule has 0 spiro atoms. The third-order valence-electron chi connectivity index (χ3n) is 8.01. The molecular formula is C28H31FN2O4. The quantitative estimate of drug-likeness (QED) is 0.336. The van der Waals surface area contributed by atoms with Gasteiger partial charge < -0.3 is 9.47 Å². The lowest BCUT2D eigenvalue weighted by Gasteiger charge is -2.51. The second-order valence-electron chi connectivity index (χ2n) is 9.82. The minimum Gasteiger partial charge on any atom is -0.465 e. The zero-order valence-corrected chi connectivity index (χ0v) is 20.5. The van der Waals surface area contributed by atoms with Crippen molar-refractivity contribution in [3.63, 3.8) is 0 Å². The van der Waals surface area contributed by atoms with Crippen LogP contribution in [0.4, 0.5) is 4.39 Å². The molecule has 0 saturated heterocycles. The fraction of sp³-hybridized carbons (Fsp3) is 0.464. The number of hydrogen-bond donors (Lipinski definition) is 0. The number of ether oxygens (including phenoxy) is 2. The first kappa shape index (κ1) is 23.5. The van der Waals surface area contributed by atoms with Crippen LogP contribution in [0.2, 0.25) is 0 Å². The molecule has 6 nitrogen and oxygen atoms in total. The minimum absolute atomic E-state index is 0.222. The Morgan fingerprint density at radius 1 is 1.14 bits per heavy atom. The van der Waals surface area contributed by atoms with Crippen molar-refractivity contribution in [2.24, 2.45) is 16.7 Å². The van der Waals surface area contributed by atoms with Gasteiger partial charge >= 0.3 is 11.9 Å². The maximum Gasteiger partial charge on any atom is 0.324 e. The highest BCUT2D eigenvalue weighted by molar-refractivity contribution is 6.01. The van der Waals surface area contributed by atoms with Crippen LogP contribution >= 0.6 is 0 Å². The molecule has 0 radical (unpaired) electrons. The first-order valence-electron chi connectivity index (χ1n) is 12.4. The molecule has 1 aromatic carbocycles. The van der Waals surface area contributed by atoms with Crippen molar-refractivity contribution in [2.75, 3.05) is 13.2 Å². The molecule has 0 aliphatic heterocycles. The number of carbonyl (C=O) groups excluding carboxylic acids is 2. The van der Waals surface area contributed by atoms with Gasteiger partial charge in [0, 0.05) is 11.3 Å². The van der Waals surface area contributed by atoms with Crippen molar-refractivity contribution in [3.8, 4) is 5.69 Å². The molecule has 1 aromatic heterocycles. The van der Waals surface area contributed by atoms with Crippen LogP contribution in [-0.2, 0) is 25.5 Å². The highest BCUT2D eigenvalue weighted by atomic mass is 19.1. The first-order valence-corrected chi connectivity index (χ1v) is 12.4. The van der Waals surface area contributed by atoms with Gasteiger partial charge in [-0.3, -0.25) is 9.59 Å². The van der Waals surface area contributed by atoms with Crippen molar-refractivity contribution in [3.05, 3.63) is 64.8 Å². The van der Waals surface area contributed by atoms with E-state index in [2.05, 4.69) is 24.2 Å². The molecule has 2 aromatic rings. The zero-order valence-electron chi connectivity index (χ0n) is 20.5. The Balaban J connectivity index is 1.55. The standard InChI is InChI=1S/C28H31FN2O4/c1-4-34-25(32)28(26(33)35-5-2)14-6-7-22-23(28)13-8-19-15-24-18(16-27(19,22)3)17-30-31(24)21-11-9-20(29)10-12-21/h7,9-12,15,17,23H,4-6,8,13-14,16H2,1-3H3/t23-,27-/m0/s1. The Kier molecular flexibility index (Phi) is 5.90. The highest BCUT2D eigenvalue weighted by Crippen LogP contribution is 2.60. The molecule has 1 heterocycles. The average Bonchev–Trinajstić information content (AvgIpc) is 3.24. The topological polar surface area (TPSA) is 70.4 Å². The summed E-state index contributed by atoms with van der Waals surface area (Å²) in [6.45, 7) is 6.18. The van der Waals surface area contributed by atoms with Crippen LogP contribution in [0.5, 0.6) is 0 Å². The average molecular weight is 479 g/mol. The Bertz CT molecular complexity index is 1210. The van der Waals surface area contributed by atoms with Gasteiger partial charge in [-0.15, -0.1) is 0 Å². The molecule has 0 amide bonds. The fourth-order valence-corrected chi connectivity index (χ4v) is 6.36. The Labute approximate surface area is 204 Å². The second-order valence-corrected chi connectivity index (χ2v) is 9.82. The molecule has 35 heavy (non-hydrogen) atoms. The number of aromatic nitrogens is 2. The van der Waals surface area contributed by atoms with E-state index in [1.807, 2.05) is 10.9 Å². The Morgan fingerprint density at radius 2 is 1.83 bits per heavy atom. The van der Waals surface area contributed by atoms with Gasteiger partial charge in [0.25, 0.3) is 0 Å². The summed E-state index contributed by atoms with van der Waals surface area (Å²) < 4.78 is 26.2. The molecule has 7 heteroatoms. The maximum absolute atomic E-state index is 13.5. The van der Waals surface area contributed by atoms with E-state index >= 15 is 0 Å². The number of hydrogen-bond acceptors (Lipinski definition) is 5. The monoisotopic (exact) mass is 478 g/mol. The van der Waals surface area contributed by atoms with Crippen molar-refractivity contribution in [2.45, 2.75) is 52.9 Å². The summed E-state index contributed by atoms with van der Waals surface area (Å²) in [5.74, 6) is -1.48. The lowest BCUT2D eigenvalue weighted by Crippen LogP contribution is -2.53. The van der Waals surface area contributed by atoms with E-state index in [1.54, 1.807) is 26.0 Å². The highest BCUT2D eigenvalue weighted by Gasteiger charge is 2.60. The van der Waals surface area contributed by atoms with E-state index in [0.29, 0.717) is 19.3 Å². The number of fused-ring (bicyclic) bond motifs is 4. The van der Waals surface area contributed by atoms with E-state index in [9.17, 15) is 14.0 Å². The molecule has 0 N–H and O–H groups in total. The summed E-state index contributed by atoms with van der Waals surface area (Å²) in [7, 11) is 0. The van der Waals surface area contributed by atoms with Gasteiger partial charge in [-0.2, -0.15) is 5.10 Å². The lowest BCUT2D eigenvalue weighted by atomic mass is 9.51. The number of allylic oxidation sites excluding steroid dienone is 3. The van der Waals surface area contributed by atoms with Gasteiger partial charge in [-0.25, -0.2) is 9.07 Å². The van der Waals surface area contributed by atoms with Crippen LogP contribution < -0.4 is 0 Å². The summed E-state index contributed by atoms with van der Waals surface area (Å²) in [4.78, 5) is 26.7. The number of benzene rings is 1. The van der Waals surface area contributed by atoms with Crippen LogP contribution in [0.25, 0.3) is 11.8 Å². The number of rotatable bonds is 5. The summed E-state index contributed by atoms with van der Waals surface area (Å²) in [5, 5.41) is 4.61. The number of carbonyl (C=O) groups is 2. The third kappa shape index (κ3) is 3.55. The molecule has 0 unspecified atom stereocenters. The van der Waals surface area contributed by atoms with Crippen molar-refractivity contribution >= 4 is 18.0 Å². The molecule has 3 aliphatic rings. The Morgan fingerprint density at radius 3 is 2.49 bits per heavy atom. The van der Waals surface area contributed by atoms with Gasteiger partial charge in [0.15, 0.2) is 5.41 Å². The van der Waals surface area contributed by atoms with Gasteiger partial charge in [-0.1, -0.05) is 24.1 Å². The normalized spacial score (nSPS) is 24.3. The Hall–Kier alpha value is -3.22. The summed E-state index contributed by atoms with van der Waals surface area (Å²) in [6, 6.07) is 6.32. The van der Waals surface area contributed by atoms with Gasteiger partial charge in [0.2, 0.25) is 0 Å². The van der Waals surface area contributed by atoms with Gasteiger partial charge in [0.05, 0.1) is 30.8 Å². The van der Waals surface area contributed by atoms with Crippen molar-refractivity contribution in [1.29, 1.82) is 0 Å². The summed E-state index contributed by atoms with van der Waals surface area (Å²) >= 11 is 0. The number of esters is 2. The van der Waals surface area contributed by atoms with Gasteiger partial charge in [-0.05, 0) is 81.9 Å². The fourth-order valence-electron chi connectivity index (χ4n) is 6.36. The first-order chi connectivity index (χ1) is 16.8. The zero-order chi connectivity index (χ0) is 24.8. The molecule has 1 saturated carbocycles. The molecular weight excluding hydrogens is 447 g/mol. The largest absolute Gasteiger partial charge is 0.465 e. The van der Waals surface area contributed by atoms with Gasteiger partial charge in [0.1, 0.15) is 5.82 Å². The molecule has 3 aliphatic carbocycles. The van der Waals surface area contributed by atoms with E-state index < -0.39 is 17.4 Å². The SMILES string of the molecule is CCOC(=O)C1(C(=O)OCC)CCC=C2[C@@H]1CCC1=Cc3c(cnn3-c3ccc(F)cc3)C[C@@]12C. The maximum atomic E-state index is 13.5. The lowest BCUT2D eigenvalue weighted by molar-refractivity contribution is -0.178. The minimum atomic E-state index is -1.30. The van der Waals surface area contributed by atoms with Crippen LogP contribution in [0.1, 0.15) is 57.7 Å². The van der Waals surface area contributed by atoms with Crippen LogP contribution in [0.3, 0.4) is 0 Å². The van der Waals surface area contributed by atoms with E-state index in [0.717, 1.165) is 35.4 Å². The molecule has 2 atom stereocenters. The van der Waals surface area contributed by atoms with Crippen molar-refractivity contribution < 1.29 is 23.5 Å². The number of halogens is 1. The molecule has 184 valence electrons. The van der Waals surface area contributed by atoms with Crippen molar-refractivity contribution in [1.82, 2.24) is 9.78 Å². The smallest absolute Gasteiger partial charge is 0.324 e. The predicted octanol–water partition coefficient (Wildman–Crippen LogP) is 5.20. The summed E-state index contributed by atoms with van der Waals surface area (Å²) in [5.41, 5.74) is 3.66. The van der Waals surface area contributed by atoms with Crippen LogP contribution in [0.15, 0.2) is 47.7 Å². The molecule has 0 bridgehead atoms. The van der Waals surface area contributed by atoms with E-state index in [1.165, 1.54) is 17.7 Å². The molecule has 5 rings (SSSR count).